The predicted molar refractivity (Wildman–Crippen MR) is 74.3 cm³/mol. The summed E-state index contributed by atoms with van der Waals surface area (Å²) < 4.78 is 5.18. The van der Waals surface area contributed by atoms with Crippen molar-refractivity contribution in [2.45, 2.75) is 31.6 Å². The van der Waals surface area contributed by atoms with Crippen molar-refractivity contribution in [2.24, 2.45) is 10.7 Å². The fourth-order valence-electron chi connectivity index (χ4n) is 2.15. The summed E-state index contributed by atoms with van der Waals surface area (Å²) in [7, 11) is -1.33. The van der Waals surface area contributed by atoms with Crippen molar-refractivity contribution in [3.63, 3.8) is 0 Å². The molecule has 1 atom stereocenters. The molecule has 4 heteroatoms. The molecule has 1 heterocycles. The molecular weight excluding hydrogens is 228 g/mol. The molecule has 0 radical (unpaired) electrons. The highest BCUT2D eigenvalue weighted by Crippen LogP contribution is 2.17. The molecule has 0 aromatic heterocycles. The Labute approximate surface area is 104 Å². The van der Waals surface area contributed by atoms with Crippen LogP contribution in [0.4, 0.5) is 0 Å². The van der Waals surface area contributed by atoms with Crippen LogP contribution in [0.3, 0.4) is 0 Å². The molecule has 0 aliphatic carbocycles. The van der Waals surface area contributed by atoms with Crippen molar-refractivity contribution >= 4 is 19.3 Å². The van der Waals surface area contributed by atoms with Crippen molar-refractivity contribution in [3.05, 3.63) is 30.3 Å². The van der Waals surface area contributed by atoms with Gasteiger partial charge in [0, 0.05) is 0 Å². The third-order valence-electron chi connectivity index (χ3n) is 3.39. The molecule has 2 rings (SSSR count). The van der Waals surface area contributed by atoms with Crippen LogP contribution in [0, 0.1) is 0 Å². The lowest BCUT2D eigenvalue weighted by Gasteiger charge is -2.23. The SMILES string of the molecule is C[Si](C)(CC[C@H]1COC(N)=N1)c1ccccc1. The second-order valence-electron chi connectivity index (χ2n) is 5.22. The number of aliphatic imine (C=N–C) groups is 1. The lowest BCUT2D eigenvalue weighted by molar-refractivity contribution is 0.310. The van der Waals surface area contributed by atoms with Crippen molar-refractivity contribution in [1.82, 2.24) is 0 Å². The Morgan fingerprint density at radius 3 is 2.65 bits per heavy atom. The van der Waals surface area contributed by atoms with Crippen LogP contribution in [0.5, 0.6) is 0 Å². The van der Waals surface area contributed by atoms with Gasteiger partial charge in [-0.15, -0.1) is 0 Å². The Kier molecular flexibility index (Phi) is 3.52. The summed E-state index contributed by atoms with van der Waals surface area (Å²) >= 11 is 0. The fraction of sp³-hybridized carbons (Fsp3) is 0.462. The summed E-state index contributed by atoms with van der Waals surface area (Å²) in [6.45, 7) is 5.47. The van der Waals surface area contributed by atoms with Gasteiger partial charge in [-0.1, -0.05) is 54.7 Å². The second-order valence-corrected chi connectivity index (χ2v) is 10.1. The molecule has 1 aromatic carbocycles. The topological polar surface area (TPSA) is 47.6 Å². The van der Waals surface area contributed by atoms with Gasteiger partial charge in [-0.05, 0) is 6.42 Å². The molecule has 2 N–H and O–H groups in total. The first-order valence-corrected chi connectivity index (χ1v) is 9.30. The van der Waals surface area contributed by atoms with Gasteiger partial charge in [-0.2, -0.15) is 0 Å². The number of ether oxygens (including phenoxy) is 1. The average Bonchev–Trinajstić information content (AvgIpc) is 2.74. The standard InChI is InChI=1S/C13H20N2OSi/c1-17(2,12-6-4-3-5-7-12)9-8-11-10-16-13(14)15-11/h3-7,11H,8-10H2,1-2H3,(H2,14,15)/t11-/m0/s1. The minimum absolute atomic E-state index is 0.269. The first-order valence-electron chi connectivity index (χ1n) is 6.09. The van der Waals surface area contributed by atoms with Gasteiger partial charge in [0.2, 0.25) is 0 Å². The monoisotopic (exact) mass is 248 g/mol. The quantitative estimate of drug-likeness (QED) is 0.825. The highest BCUT2D eigenvalue weighted by molar-refractivity contribution is 6.89. The van der Waals surface area contributed by atoms with Crippen molar-refractivity contribution < 1.29 is 4.74 Å². The third kappa shape index (κ3) is 3.09. The maximum atomic E-state index is 5.51. The molecule has 1 aromatic rings. The average molecular weight is 248 g/mol. The van der Waals surface area contributed by atoms with E-state index in [0.717, 1.165) is 6.42 Å². The molecule has 1 aliphatic heterocycles. The first kappa shape index (κ1) is 12.2. The number of hydrogen-bond acceptors (Lipinski definition) is 3. The van der Waals surface area contributed by atoms with Gasteiger partial charge in [0.25, 0.3) is 6.02 Å². The van der Waals surface area contributed by atoms with E-state index in [2.05, 4.69) is 48.4 Å². The first-order chi connectivity index (χ1) is 8.08. The molecule has 0 spiro atoms. The van der Waals surface area contributed by atoms with Crippen LogP contribution in [-0.2, 0) is 4.74 Å². The molecule has 0 bridgehead atoms. The number of nitrogens with zero attached hydrogens (tertiary/aromatic N) is 1. The van der Waals surface area contributed by atoms with Gasteiger partial charge in [0.15, 0.2) is 0 Å². The van der Waals surface area contributed by atoms with E-state index < -0.39 is 8.07 Å². The van der Waals surface area contributed by atoms with Crippen molar-refractivity contribution in [2.75, 3.05) is 6.61 Å². The Bertz CT molecular complexity index is 403. The summed E-state index contributed by atoms with van der Waals surface area (Å²) in [6.07, 6.45) is 1.08. The van der Waals surface area contributed by atoms with E-state index in [1.807, 2.05) is 0 Å². The summed E-state index contributed by atoms with van der Waals surface area (Å²) in [4.78, 5) is 4.28. The smallest absolute Gasteiger partial charge is 0.282 e. The minimum Gasteiger partial charge on any atom is -0.463 e. The summed E-state index contributed by atoms with van der Waals surface area (Å²) in [5, 5.41) is 1.51. The zero-order valence-electron chi connectivity index (χ0n) is 10.5. The van der Waals surface area contributed by atoms with E-state index in [1.165, 1.54) is 11.2 Å². The van der Waals surface area contributed by atoms with E-state index >= 15 is 0 Å². The van der Waals surface area contributed by atoms with Crippen LogP contribution < -0.4 is 10.9 Å². The van der Waals surface area contributed by atoms with E-state index in [0.29, 0.717) is 12.6 Å². The molecular formula is C13H20N2OSi. The van der Waals surface area contributed by atoms with Crippen molar-refractivity contribution in [1.29, 1.82) is 0 Å². The van der Waals surface area contributed by atoms with E-state index in [1.54, 1.807) is 0 Å². The maximum absolute atomic E-state index is 5.51. The largest absolute Gasteiger partial charge is 0.463 e. The number of amidine groups is 1. The van der Waals surface area contributed by atoms with Gasteiger partial charge in [0.1, 0.15) is 6.61 Å². The van der Waals surface area contributed by atoms with Gasteiger partial charge < -0.3 is 10.5 Å². The van der Waals surface area contributed by atoms with Crippen LogP contribution in [0.1, 0.15) is 6.42 Å². The Morgan fingerprint density at radius 2 is 2.06 bits per heavy atom. The zero-order valence-corrected chi connectivity index (χ0v) is 11.5. The highest BCUT2D eigenvalue weighted by Gasteiger charge is 2.26. The van der Waals surface area contributed by atoms with Gasteiger partial charge in [0.05, 0.1) is 14.1 Å². The van der Waals surface area contributed by atoms with Gasteiger partial charge >= 0.3 is 0 Å². The van der Waals surface area contributed by atoms with Gasteiger partial charge in [-0.3, -0.25) is 0 Å². The van der Waals surface area contributed by atoms with E-state index in [9.17, 15) is 0 Å². The summed E-state index contributed by atoms with van der Waals surface area (Å²) in [5.74, 6) is 0. The van der Waals surface area contributed by atoms with Crippen LogP contribution in [-0.4, -0.2) is 26.7 Å². The van der Waals surface area contributed by atoms with Crippen LogP contribution in [0.15, 0.2) is 35.3 Å². The van der Waals surface area contributed by atoms with Crippen LogP contribution >= 0.6 is 0 Å². The number of hydrogen-bond donors (Lipinski definition) is 1. The lowest BCUT2D eigenvalue weighted by atomic mass is 10.3. The molecule has 0 saturated heterocycles. The zero-order chi connectivity index (χ0) is 12.3. The van der Waals surface area contributed by atoms with Crippen LogP contribution in [0.2, 0.25) is 19.1 Å². The molecule has 3 nitrogen and oxygen atoms in total. The summed E-state index contributed by atoms with van der Waals surface area (Å²) in [5.41, 5.74) is 5.51. The Morgan fingerprint density at radius 1 is 1.35 bits per heavy atom. The van der Waals surface area contributed by atoms with Gasteiger partial charge in [-0.25, -0.2) is 4.99 Å². The molecule has 1 aliphatic rings. The highest BCUT2D eigenvalue weighted by atomic mass is 28.3. The Balaban J connectivity index is 1.94. The van der Waals surface area contributed by atoms with E-state index in [4.69, 9.17) is 10.5 Å². The molecule has 0 unspecified atom stereocenters. The number of rotatable bonds is 4. The molecule has 0 amide bonds. The molecule has 0 saturated carbocycles. The molecule has 17 heavy (non-hydrogen) atoms. The number of nitrogens with two attached hydrogens (primary N) is 1. The third-order valence-corrected chi connectivity index (χ3v) is 6.83. The fourth-order valence-corrected chi connectivity index (χ4v) is 4.58. The number of benzene rings is 1. The minimum atomic E-state index is -1.33. The molecule has 0 fully saturated rings. The Hall–Kier alpha value is -1.29. The maximum Gasteiger partial charge on any atom is 0.282 e. The predicted octanol–water partition coefficient (Wildman–Crippen LogP) is 1.71. The normalized spacial score (nSPS) is 19.9. The lowest BCUT2D eigenvalue weighted by Crippen LogP contribution is -2.41. The van der Waals surface area contributed by atoms with E-state index in [-0.39, 0.29) is 6.04 Å². The molecule has 92 valence electrons. The van der Waals surface area contributed by atoms with Crippen molar-refractivity contribution in [3.8, 4) is 0 Å². The second kappa shape index (κ2) is 4.92. The van der Waals surface area contributed by atoms with Crippen LogP contribution in [0.25, 0.3) is 0 Å². The summed E-state index contributed by atoms with van der Waals surface area (Å²) in [6, 6.07) is 12.7.